The molecule has 0 spiro atoms. The van der Waals surface area contributed by atoms with E-state index in [9.17, 15) is 19.4 Å². The average molecular weight is 454 g/mol. The fourth-order valence-corrected chi connectivity index (χ4v) is 4.49. The normalized spacial score (nSPS) is 25.2. The summed E-state index contributed by atoms with van der Waals surface area (Å²) in [5.41, 5.74) is -0.603. The Morgan fingerprint density at radius 2 is 2.03 bits per heavy atom. The highest BCUT2D eigenvalue weighted by atomic mass is 19.1. The highest BCUT2D eigenvalue weighted by molar-refractivity contribution is 5.91. The van der Waals surface area contributed by atoms with Crippen LogP contribution in [0.5, 0.6) is 5.75 Å². The van der Waals surface area contributed by atoms with Gasteiger partial charge in [-0.3, -0.25) is 0 Å². The number of pyridine rings is 1. The molecule has 2 aliphatic carbocycles. The fraction of sp³-hybridized carbons (Fsp3) is 0.480. The number of aliphatic hydroxyl groups excluding tert-OH is 1. The van der Waals surface area contributed by atoms with Crippen molar-refractivity contribution < 1.29 is 28.9 Å². The molecular formula is C25H27FN2O5. The monoisotopic (exact) mass is 454 g/mol. The molecule has 2 aromatic rings. The van der Waals surface area contributed by atoms with Crippen LogP contribution in [0.1, 0.15) is 51.3 Å². The Kier molecular flexibility index (Phi) is 4.88. The standard InChI is InChI=1S/C25H27FN2O5/c1-23(2,3)33-22(30)27-12-24-11-19(24)32-21-17(24)10-18(25(31,13-29)15-6-7-15)28-20(21)14-4-8-16(26)9-5-14/h4-5,8-10,12,15,19,29,31H,6-7,11,13H2,1-3H3/b27-12+/t19?,24-,25?/m1/s1. The number of nitrogens with zero attached hydrogens (tertiary/aromatic N) is 2. The van der Waals surface area contributed by atoms with E-state index >= 15 is 0 Å². The van der Waals surface area contributed by atoms with Gasteiger partial charge in [0, 0.05) is 23.8 Å². The van der Waals surface area contributed by atoms with Gasteiger partial charge >= 0.3 is 6.09 Å². The van der Waals surface area contributed by atoms with Crippen LogP contribution >= 0.6 is 0 Å². The van der Waals surface area contributed by atoms with Gasteiger partial charge in [-0.25, -0.2) is 14.2 Å². The molecule has 7 nitrogen and oxygen atoms in total. The molecule has 8 heteroatoms. The van der Waals surface area contributed by atoms with E-state index < -0.39 is 29.3 Å². The Balaban J connectivity index is 1.60. The molecule has 3 atom stereocenters. The topological polar surface area (TPSA) is 101 Å². The maximum Gasteiger partial charge on any atom is 0.433 e. The van der Waals surface area contributed by atoms with E-state index in [-0.39, 0.29) is 17.8 Å². The second-order valence-corrected chi connectivity index (χ2v) is 10.2. The lowest BCUT2D eigenvalue weighted by molar-refractivity contribution is -0.0418. The van der Waals surface area contributed by atoms with E-state index in [1.165, 1.54) is 12.1 Å². The maximum absolute atomic E-state index is 13.6. The SMILES string of the molecule is CC(C)(C)OC(=O)/N=C/[C@@]12CC1Oc1c2cc(C(O)(CO)C2CC2)nc1-c1ccc(F)cc1. The average Bonchev–Trinajstić information content (AvgIpc) is 3.68. The van der Waals surface area contributed by atoms with E-state index in [0.717, 1.165) is 18.4 Å². The number of hydrogen-bond acceptors (Lipinski definition) is 6. The summed E-state index contributed by atoms with van der Waals surface area (Å²) in [4.78, 5) is 20.9. The van der Waals surface area contributed by atoms with Gasteiger partial charge in [-0.05, 0) is 69.9 Å². The van der Waals surface area contributed by atoms with Crippen LogP contribution in [0, 0.1) is 11.7 Å². The zero-order valence-corrected chi connectivity index (χ0v) is 18.8. The Labute approximate surface area is 191 Å². The quantitative estimate of drug-likeness (QED) is 0.665. The number of carbonyl (C=O) groups is 1. The van der Waals surface area contributed by atoms with Crippen molar-refractivity contribution in [1.29, 1.82) is 0 Å². The molecule has 1 aliphatic heterocycles. The van der Waals surface area contributed by atoms with Crippen LogP contribution in [0.2, 0.25) is 0 Å². The number of aromatic nitrogens is 1. The van der Waals surface area contributed by atoms with Crippen molar-refractivity contribution in [3.8, 4) is 17.0 Å². The number of carbonyl (C=O) groups excluding carboxylic acids is 1. The third kappa shape index (κ3) is 3.81. The van der Waals surface area contributed by atoms with Gasteiger partial charge in [0.2, 0.25) is 0 Å². The van der Waals surface area contributed by atoms with Gasteiger partial charge in [0.1, 0.15) is 34.6 Å². The summed E-state index contributed by atoms with van der Waals surface area (Å²) in [5, 5.41) is 21.3. The second kappa shape index (κ2) is 7.33. The molecule has 2 unspecified atom stereocenters. The summed E-state index contributed by atoms with van der Waals surface area (Å²) >= 11 is 0. The molecule has 0 bridgehead atoms. The van der Waals surface area contributed by atoms with Crippen LogP contribution in [0.15, 0.2) is 35.3 Å². The molecule has 1 aromatic heterocycles. The van der Waals surface area contributed by atoms with E-state index in [4.69, 9.17) is 9.47 Å². The molecule has 1 aromatic carbocycles. The minimum atomic E-state index is -1.49. The summed E-state index contributed by atoms with van der Waals surface area (Å²) in [7, 11) is 0. The molecule has 0 saturated heterocycles. The van der Waals surface area contributed by atoms with Crippen LogP contribution in [-0.4, -0.2) is 45.8 Å². The van der Waals surface area contributed by atoms with E-state index in [2.05, 4.69) is 9.98 Å². The Bertz CT molecular complexity index is 1140. The Morgan fingerprint density at radius 1 is 1.33 bits per heavy atom. The van der Waals surface area contributed by atoms with Gasteiger partial charge < -0.3 is 19.7 Å². The maximum atomic E-state index is 13.6. The van der Waals surface area contributed by atoms with Crippen molar-refractivity contribution in [3.63, 3.8) is 0 Å². The number of fused-ring (bicyclic) bond motifs is 3. The van der Waals surface area contributed by atoms with Gasteiger partial charge in [-0.2, -0.15) is 4.99 Å². The first-order valence-electron chi connectivity index (χ1n) is 11.2. The molecule has 2 fully saturated rings. The van der Waals surface area contributed by atoms with Crippen LogP contribution < -0.4 is 4.74 Å². The number of aliphatic hydroxyl groups is 2. The van der Waals surface area contributed by atoms with Crippen molar-refractivity contribution in [2.75, 3.05) is 6.61 Å². The lowest BCUT2D eigenvalue weighted by atomic mass is 9.88. The number of halogens is 1. The van der Waals surface area contributed by atoms with Crippen LogP contribution in [0.25, 0.3) is 11.3 Å². The minimum absolute atomic E-state index is 0.0854. The van der Waals surface area contributed by atoms with Gasteiger partial charge in [-0.1, -0.05) is 0 Å². The first-order valence-corrected chi connectivity index (χ1v) is 11.2. The third-order valence-electron chi connectivity index (χ3n) is 6.52. The van der Waals surface area contributed by atoms with Crippen LogP contribution in [0.3, 0.4) is 0 Å². The zero-order valence-electron chi connectivity index (χ0n) is 18.8. The van der Waals surface area contributed by atoms with Crippen LogP contribution in [-0.2, 0) is 15.8 Å². The van der Waals surface area contributed by atoms with Crippen molar-refractivity contribution >= 4 is 12.3 Å². The highest BCUT2D eigenvalue weighted by Gasteiger charge is 2.64. The molecule has 0 radical (unpaired) electrons. The second-order valence-electron chi connectivity index (χ2n) is 10.2. The minimum Gasteiger partial charge on any atom is -0.486 e. The number of rotatable bonds is 5. The summed E-state index contributed by atoms with van der Waals surface area (Å²) in [6.45, 7) is 4.85. The molecular weight excluding hydrogens is 427 g/mol. The first-order chi connectivity index (χ1) is 15.6. The van der Waals surface area contributed by atoms with Gasteiger partial charge in [0.15, 0.2) is 0 Å². The lowest BCUT2D eigenvalue weighted by Crippen LogP contribution is -2.34. The molecule has 174 valence electrons. The number of aliphatic imine (C=N–C) groups is 1. The van der Waals surface area contributed by atoms with E-state index in [0.29, 0.717) is 29.1 Å². The molecule has 3 aliphatic rings. The van der Waals surface area contributed by atoms with Gasteiger partial charge in [0.25, 0.3) is 0 Å². The Hall–Kier alpha value is -2.84. The first kappa shape index (κ1) is 22.0. The third-order valence-corrected chi connectivity index (χ3v) is 6.52. The van der Waals surface area contributed by atoms with Crippen molar-refractivity contribution in [3.05, 3.63) is 47.4 Å². The number of ether oxygens (including phenoxy) is 2. The number of hydrogen-bond donors (Lipinski definition) is 2. The zero-order chi connectivity index (χ0) is 23.6. The number of amides is 1. The molecule has 2 saturated carbocycles. The summed E-state index contributed by atoms with van der Waals surface area (Å²) in [6, 6.07) is 7.64. The van der Waals surface area contributed by atoms with Crippen molar-refractivity contribution in [2.45, 2.75) is 62.8 Å². The van der Waals surface area contributed by atoms with Crippen LogP contribution in [0.4, 0.5) is 9.18 Å². The smallest absolute Gasteiger partial charge is 0.433 e. The van der Waals surface area contributed by atoms with Gasteiger partial charge in [0.05, 0.1) is 17.7 Å². The predicted molar refractivity (Wildman–Crippen MR) is 119 cm³/mol. The summed E-state index contributed by atoms with van der Waals surface area (Å²) < 4.78 is 25.0. The van der Waals surface area contributed by atoms with Crippen molar-refractivity contribution in [1.82, 2.24) is 4.98 Å². The van der Waals surface area contributed by atoms with Gasteiger partial charge in [-0.15, -0.1) is 0 Å². The molecule has 5 rings (SSSR count). The van der Waals surface area contributed by atoms with E-state index in [1.807, 2.05) is 0 Å². The van der Waals surface area contributed by atoms with E-state index in [1.54, 1.807) is 45.2 Å². The summed E-state index contributed by atoms with van der Waals surface area (Å²) in [5.74, 6) is 0.0623. The largest absolute Gasteiger partial charge is 0.486 e. The molecule has 33 heavy (non-hydrogen) atoms. The fourth-order valence-electron chi connectivity index (χ4n) is 4.49. The highest BCUT2D eigenvalue weighted by Crippen LogP contribution is 2.60. The molecule has 1 amide bonds. The van der Waals surface area contributed by atoms with Crippen molar-refractivity contribution in [2.24, 2.45) is 10.9 Å². The predicted octanol–water partition coefficient (Wildman–Crippen LogP) is 3.89. The molecule has 2 N–H and O–H groups in total. The lowest BCUT2D eigenvalue weighted by Gasteiger charge is -2.27. The number of benzene rings is 1. The summed E-state index contributed by atoms with van der Waals surface area (Å²) in [6.07, 6.45) is 2.87. The molecule has 2 heterocycles. The Morgan fingerprint density at radius 3 is 2.64 bits per heavy atom.